The van der Waals surface area contributed by atoms with Gasteiger partial charge in [0.1, 0.15) is 12.1 Å². The van der Waals surface area contributed by atoms with Crippen LogP contribution in [0.5, 0.6) is 0 Å². The summed E-state index contributed by atoms with van der Waals surface area (Å²) in [6.07, 6.45) is 4.02. The zero-order valence-corrected chi connectivity index (χ0v) is 14.8. The molecule has 0 aromatic carbocycles. The number of nitrogens with one attached hydrogen (secondary N) is 2. The van der Waals surface area contributed by atoms with Crippen LogP contribution in [0.1, 0.15) is 31.4 Å². The SMILES string of the molecule is NC(=O)CC[C@H](N)C(=O)N1CCC[C@H]1C(=O)N[C@@H](Cc1cnc[nH]1)C(=O)O. The molecule has 3 atom stereocenters. The summed E-state index contributed by atoms with van der Waals surface area (Å²) >= 11 is 0. The third-order valence-corrected chi connectivity index (χ3v) is 4.45. The number of H-pyrrole nitrogens is 1. The molecule has 1 saturated heterocycles. The summed E-state index contributed by atoms with van der Waals surface area (Å²) in [5.41, 5.74) is 11.4. The molecule has 0 radical (unpaired) electrons. The molecular formula is C16H24N6O5. The molecule has 1 fully saturated rings. The molecule has 0 saturated carbocycles. The Labute approximate surface area is 155 Å². The highest BCUT2D eigenvalue weighted by molar-refractivity contribution is 5.92. The van der Waals surface area contributed by atoms with Gasteiger partial charge in [-0.1, -0.05) is 0 Å². The van der Waals surface area contributed by atoms with Gasteiger partial charge in [0.2, 0.25) is 17.7 Å². The first-order valence-corrected chi connectivity index (χ1v) is 8.64. The number of hydrogen-bond donors (Lipinski definition) is 5. The first-order valence-electron chi connectivity index (χ1n) is 8.64. The van der Waals surface area contributed by atoms with Gasteiger partial charge in [0.05, 0.1) is 12.4 Å². The van der Waals surface area contributed by atoms with Crippen LogP contribution in [-0.2, 0) is 25.6 Å². The third-order valence-electron chi connectivity index (χ3n) is 4.45. The van der Waals surface area contributed by atoms with E-state index < -0.39 is 41.8 Å². The second-order valence-electron chi connectivity index (χ2n) is 6.48. The van der Waals surface area contributed by atoms with Crippen LogP contribution in [0.3, 0.4) is 0 Å². The molecular weight excluding hydrogens is 356 g/mol. The van der Waals surface area contributed by atoms with Gasteiger partial charge in [-0.05, 0) is 19.3 Å². The number of amides is 3. The number of carbonyl (C=O) groups excluding carboxylic acids is 3. The number of aromatic nitrogens is 2. The minimum atomic E-state index is -1.19. The lowest BCUT2D eigenvalue weighted by atomic mass is 10.1. The molecule has 11 heteroatoms. The van der Waals surface area contributed by atoms with Crippen molar-refractivity contribution in [1.82, 2.24) is 20.2 Å². The van der Waals surface area contributed by atoms with Crippen LogP contribution in [0.25, 0.3) is 0 Å². The number of hydrogen-bond acceptors (Lipinski definition) is 6. The lowest BCUT2D eigenvalue weighted by Crippen LogP contribution is -2.54. The highest BCUT2D eigenvalue weighted by Crippen LogP contribution is 2.19. The number of likely N-dealkylation sites (tertiary alicyclic amines) is 1. The smallest absolute Gasteiger partial charge is 0.326 e. The monoisotopic (exact) mass is 380 g/mol. The van der Waals surface area contributed by atoms with Crippen LogP contribution in [0.15, 0.2) is 12.5 Å². The molecule has 0 aliphatic carbocycles. The van der Waals surface area contributed by atoms with Crippen molar-refractivity contribution in [3.05, 3.63) is 18.2 Å². The molecule has 0 spiro atoms. The summed E-state index contributed by atoms with van der Waals surface area (Å²) in [5, 5.41) is 11.8. The summed E-state index contributed by atoms with van der Waals surface area (Å²) in [6.45, 7) is 0.347. The van der Waals surface area contributed by atoms with E-state index in [1.54, 1.807) is 0 Å². The van der Waals surface area contributed by atoms with E-state index in [-0.39, 0.29) is 19.3 Å². The van der Waals surface area contributed by atoms with E-state index in [1.165, 1.54) is 17.4 Å². The Balaban J connectivity index is 1.99. The number of aromatic amines is 1. The molecule has 11 nitrogen and oxygen atoms in total. The molecule has 1 aliphatic heterocycles. The number of nitrogens with two attached hydrogens (primary N) is 2. The average Bonchev–Trinajstić information content (AvgIpc) is 3.29. The first-order chi connectivity index (χ1) is 12.8. The molecule has 3 amide bonds. The summed E-state index contributed by atoms with van der Waals surface area (Å²) in [7, 11) is 0. The van der Waals surface area contributed by atoms with Crippen molar-refractivity contribution in [2.45, 2.75) is 50.2 Å². The van der Waals surface area contributed by atoms with Gasteiger partial charge in [-0.2, -0.15) is 0 Å². The van der Waals surface area contributed by atoms with Crippen LogP contribution in [0, 0.1) is 0 Å². The average molecular weight is 380 g/mol. The first kappa shape index (κ1) is 20.4. The van der Waals surface area contributed by atoms with Crippen LogP contribution in [0.2, 0.25) is 0 Å². The maximum Gasteiger partial charge on any atom is 0.326 e. The van der Waals surface area contributed by atoms with Gasteiger partial charge < -0.3 is 31.8 Å². The van der Waals surface area contributed by atoms with E-state index in [2.05, 4.69) is 15.3 Å². The van der Waals surface area contributed by atoms with Gasteiger partial charge in [0.25, 0.3) is 0 Å². The van der Waals surface area contributed by atoms with Crippen LogP contribution < -0.4 is 16.8 Å². The van der Waals surface area contributed by atoms with E-state index in [0.717, 1.165) is 0 Å². The maximum absolute atomic E-state index is 12.6. The van der Waals surface area contributed by atoms with Gasteiger partial charge in [-0.25, -0.2) is 9.78 Å². The summed E-state index contributed by atoms with van der Waals surface area (Å²) in [6, 6.07) is -2.88. The topological polar surface area (TPSA) is 184 Å². The molecule has 0 bridgehead atoms. The fraction of sp³-hybridized carbons (Fsp3) is 0.562. The number of aliphatic carboxylic acids is 1. The van der Waals surface area contributed by atoms with Gasteiger partial charge >= 0.3 is 5.97 Å². The van der Waals surface area contributed by atoms with Crippen molar-refractivity contribution < 1.29 is 24.3 Å². The zero-order chi connectivity index (χ0) is 20.0. The second kappa shape index (κ2) is 9.12. The largest absolute Gasteiger partial charge is 0.480 e. The predicted molar refractivity (Wildman–Crippen MR) is 93.0 cm³/mol. The van der Waals surface area contributed by atoms with Crippen molar-refractivity contribution in [2.75, 3.05) is 6.54 Å². The van der Waals surface area contributed by atoms with Crippen LogP contribution in [-0.4, -0.2) is 68.3 Å². The summed E-state index contributed by atoms with van der Waals surface area (Å²) < 4.78 is 0. The number of rotatable bonds is 9. The molecule has 2 rings (SSSR count). The molecule has 1 aliphatic rings. The molecule has 2 heterocycles. The Kier molecular flexibility index (Phi) is 6.88. The van der Waals surface area contributed by atoms with Gasteiger partial charge in [-0.3, -0.25) is 14.4 Å². The Bertz CT molecular complexity index is 691. The van der Waals surface area contributed by atoms with Gasteiger partial charge in [0.15, 0.2) is 0 Å². The van der Waals surface area contributed by atoms with E-state index in [4.69, 9.17) is 11.5 Å². The molecule has 148 valence electrons. The van der Waals surface area contributed by atoms with Gasteiger partial charge in [-0.15, -0.1) is 0 Å². The normalized spacial score (nSPS) is 18.7. The molecule has 1 aromatic rings. The quantitative estimate of drug-likeness (QED) is 0.331. The van der Waals surface area contributed by atoms with E-state index in [1.807, 2.05) is 0 Å². The molecule has 0 unspecified atom stereocenters. The fourth-order valence-corrected chi connectivity index (χ4v) is 3.02. The minimum absolute atomic E-state index is 0.0249. The molecule has 7 N–H and O–H groups in total. The van der Waals surface area contributed by atoms with Crippen molar-refractivity contribution >= 4 is 23.7 Å². The second-order valence-corrected chi connectivity index (χ2v) is 6.48. The predicted octanol–water partition coefficient (Wildman–Crippen LogP) is -1.89. The van der Waals surface area contributed by atoms with Crippen molar-refractivity contribution in [1.29, 1.82) is 0 Å². The number of imidazole rings is 1. The van der Waals surface area contributed by atoms with Crippen molar-refractivity contribution in [3.63, 3.8) is 0 Å². The Morgan fingerprint density at radius 1 is 1.41 bits per heavy atom. The highest BCUT2D eigenvalue weighted by Gasteiger charge is 2.37. The Morgan fingerprint density at radius 2 is 2.15 bits per heavy atom. The zero-order valence-electron chi connectivity index (χ0n) is 14.8. The van der Waals surface area contributed by atoms with Crippen LogP contribution >= 0.6 is 0 Å². The van der Waals surface area contributed by atoms with Crippen molar-refractivity contribution in [3.8, 4) is 0 Å². The van der Waals surface area contributed by atoms with E-state index in [9.17, 15) is 24.3 Å². The number of carboxylic acids is 1. The van der Waals surface area contributed by atoms with E-state index in [0.29, 0.717) is 25.1 Å². The van der Waals surface area contributed by atoms with Crippen molar-refractivity contribution in [2.24, 2.45) is 11.5 Å². The standard InChI is InChI=1S/C16H24N6O5/c17-10(3-4-13(18)23)15(25)22-5-1-2-12(22)14(24)21-11(16(26)27)6-9-7-19-8-20-9/h7-8,10-12H,1-6,17H2,(H2,18,23)(H,19,20)(H,21,24)(H,26,27)/t10-,11-,12-/m0/s1. The minimum Gasteiger partial charge on any atom is -0.480 e. The maximum atomic E-state index is 12.6. The number of carboxylic acid groups (broad SMARTS) is 1. The lowest BCUT2D eigenvalue weighted by Gasteiger charge is -2.27. The summed E-state index contributed by atoms with van der Waals surface area (Å²) in [4.78, 5) is 55.3. The van der Waals surface area contributed by atoms with Crippen LogP contribution in [0.4, 0.5) is 0 Å². The number of primary amides is 1. The lowest BCUT2D eigenvalue weighted by molar-refractivity contribution is -0.144. The van der Waals surface area contributed by atoms with Gasteiger partial charge in [0, 0.05) is 31.3 Å². The van der Waals surface area contributed by atoms with E-state index >= 15 is 0 Å². The molecule has 27 heavy (non-hydrogen) atoms. The number of carbonyl (C=O) groups is 4. The summed E-state index contributed by atoms with van der Waals surface area (Å²) in [5.74, 6) is -2.74. The molecule has 1 aromatic heterocycles. The highest BCUT2D eigenvalue weighted by atomic mass is 16.4. The number of nitrogens with zero attached hydrogens (tertiary/aromatic N) is 2. The Hall–Kier alpha value is -2.95. The Morgan fingerprint density at radius 3 is 2.74 bits per heavy atom. The third kappa shape index (κ3) is 5.51. The fourth-order valence-electron chi connectivity index (χ4n) is 3.02.